The van der Waals surface area contributed by atoms with Crippen molar-refractivity contribution in [1.82, 2.24) is 14.9 Å². The van der Waals surface area contributed by atoms with Crippen LogP contribution in [0.3, 0.4) is 0 Å². The van der Waals surface area contributed by atoms with E-state index in [1.807, 2.05) is 12.3 Å². The minimum atomic E-state index is 0.664. The molecule has 1 aromatic heterocycles. The van der Waals surface area contributed by atoms with E-state index in [1.165, 1.54) is 23.4 Å². The van der Waals surface area contributed by atoms with E-state index in [0.29, 0.717) is 5.92 Å². The summed E-state index contributed by atoms with van der Waals surface area (Å²) in [6.45, 7) is 5.04. The lowest BCUT2D eigenvalue weighted by molar-refractivity contribution is 0.345. The number of methoxy groups -OCH3 is 2. The van der Waals surface area contributed by atoms with Crippen LogP contribution in [0.4, 0.5) is 0 Å². The maximum absolute atomic E-state index is 5.40. The highest BCUT2D eigenvalue weighted by Gasteiger charge is 2.18. The largest absolute Gasteiger partial charge is 0.493 e. The summed E-state index contributed by atoms with van der Waals surface area (Å²) < 4.78 is 13.0. The maximum Gasteiger partial charge on any atom is 0.161 e. The van der Waals surface area contributed by atoms with Gasteiger partial charge in [-0.05, 0) is 49.1 Å². The first-order valence-corrected chi connectivity index (χ1v) is 8.13. The lowest BCUT2D eigenvalue weighted by Crippen LogP contribution is -2.29. The standard InChI is InChI=1S/C18H25N3O2/c1-13-8-16(22-2)17(23-3)9-15(13)11-19-10-14-4-5-18-20-6-7-21(18)12-14/h6-9,14,19H,4-5,10-12H2,1-3H3. The highest BCUT2D eigenvalue weighted by molar-refractivity contribution is 5.46. The van der Waals surface area contributed by atoms with Gasteiger partial charge in [-0.1, -0.05) is 0 Å². The van der Waals surface area contributed by atoms with Crippen LogP contribution in [-0.2, 0) is 19.5 Å². The van der Waals surface area contributed by atoms with Crippen LogP contribution in [0, 0.1) is 12.8 Å². The van der Waals surface area contributed by atoms with Crippen LogP contribution in [-0.4, -0.2) is 30.3 Å². The second-order valence-electron chi connectivity index (χ2n) is 6.17. The van der Waals surface area contributed by atoms with Gasteiger partial charge in [0.25, 0.3) is 0 Å². The number of rotatable bonds is 6. The van der Waals surface area contributed by atoms with Crippen molar-refractivity contribution >= 4 is 0 Å². The smallest absolute Gasteiger partial charge is 0.161 e. The summed E-state index contributed by atoms with van der Waals surface area (Å²) in [6, 6.07) is 4.10. The predicted octanol–water partition coefficient (Wildman–Crippen LogP) is 2.56. The molecule has 2 heterocycles. The summed E-state index contributed by atoms with van der Waals surface area (Å²) in [5, 5.41) is 3.59. The van der Waals surface area contributed by atoms with E-state index in [2.05, 4.69) is 34.1 Å². The number of hydrogen-bond donors (Lipinski definition) is 1. The highest BCUT2D eigenvalue weighted by atomic mass is 16.5. The number of imidazole rings is 1. The summed E-state index contributed by atoms with van der Waals surface area (Å²) >= 11 is 0. The fraction of sp³-hybridized carbons (Fsp3) is 0.500. The van der Waals surface area contributed by atoms with Crippen molar-refractivity contribution in [2.45, 2.75) is 32.9 Å². The summed E-state index contributed by atoms with van der Waals surface area (Å²) in [6.07, 6.45) is 6.27. The first kappa shape index (κ1) is 15.9. The molecule has 0 saturated carbocycles. The van der Waals surface area contributed by atoms with E-state index in [9.17, 15) is 0 Å². The zero-order valence-corrected chi connectivity index (χ0v) is 14.1. The summed E-state index contributed by atoms with van der Waals surface area (Å²) in [7, 11) is 3.35. The molecule has 2 aromatic rings. The van der Waals surface area contributed by atoms with Gasteiger partial charge in [-0.25, -0.2) is 4.98 Å². The zero-order chi connectivity index (χ0) is 16.2. The molecule has 1 aromatic carbocycles. The molecule has 0 saturated heterocycles. The van der Waals surface area contributed by atoms with Crippen molar-refractivity contribution in [2.75, 3.05) is 20.8 Å². The molecule has 5 heteroatoms. The van der Waals surface area contributed by atoms with Crippen molar-refractivity contribution < 1.29 is 9.47 Å². The minimum Gasteiger partial charge on any atom is -0.493 e. The molecule has 0 amide bonds. The molecular weight excluding hydrogens is 290 g/mol. The van der Waals surface area contributed by atoms with Gasteiger partial charge in [0.15, 0.2) is 11.5 Å². The Morgan fingerprint density at radius 3 is 2.83 bits per heavy atom. The second-order valence-corrected chi connectivity index (χ2v) is 6.17. The molecular formula is C18H25N3O2. The Balaban J connectivity index is 1.57. The lowest BCUT2D eigenvalue weighted by atomic mass is 9.99. The summed E-state index contributed by atoms with van der Waals surface area (Å²) in [5.74, 6) is 3.46. The molecule has 1 aliphatic heterocycles. The van der Waals surface area contributed by atoms with Gasteiger partial charge < -0.3 is 19.4 Å². The third-order valence-corrected chi connectivity index (χ3v) is 4.62. The summed E-state index contributed by atoms with van der Waals surface area (Å²) in [4.78, 5) is 4.38. The Labute approximate surface area is 137 Å². The predicted molar refractivity (Wildman–Crippen MR) is 90.0 cm³/mol. The monoisotopic (exact) mass is 315 g/mol. The van der Waals surface area contributed by atoms with Crippen LogP contribution >= 0.6 is 0 Å². The first-order chi connectivity index (χ1) is 11.2. The average Bonchev–Trinajstić information content (AvgIpc) is 3.03. The van der Waals surface area contributed by atoms with Crippen LogP contribution in [0.25, 0.3) is 0 Å². The molecule has 0 spiro atoms. The molecule has 0 fully saturated rings. The van der Waals surface area contributed by atoms with E-state index < -0.39 is 0 Å². The van der Waals surface area contributed by atoms with Crippen LogP contribution in [0.2, 0.25) is 0 Å². The van der Waals surface area contributed by atoms with Gasteiger partial charge in [-0.3, -0.25) is 0 Å². The number of aromatic nitrogens is 2. The van der Waals surface area contributed by atoms with Gasteiger partial charge in [0.1, 0.15) is 5.82 Å². The van der Waals surface area contributed by atoms with E-state index >= 15 is 0 Å². The third-order valence-electron chi connectivity index (χ3n) is 4.62. The topological polar surface area (TPSA) is 48.3 Å². The quantitative estimate of drug-likeness (QED) is 0.890. The molecule has 124 valence electrons. The van der Waals surface area contributed by atoms with Gasteiger partial charge in [-0.15, -0.1) is 0 Å². The van der Waals surface area contributed by atoms with E-state index in [4.69, 9.17) is 9.47 Å². The van der Waals surface area contributed by atoms with Crippen LogP contribution in [0.5, 0.6) is 11.5 Å². The van der Waals surface area contributed by atoms with Crippen LogP contribution in [0.15, 0.2) is 24.5 Å². The van der Waals surface area contributed by atoms with Gasteiger partial charge in [0.05, 0.1) is 14.2 Å². The number of fused-ring (bicyclic) bond motifs is 1. The second kappa shape index (κ2) is 7.04. The molecule has 0 bridgehead atoms. The molecule has 3 rings (SSSR count). The minimum absolute atomic E-state index is 0.664. The number of ether oxygens (including phenoxy) is 2. The van der Waals surface area contributed by atoms with Gasteiger partial charge in [-0.2, -0.15) is 0 Å². The molecule has 1 aliphatic rings. The molecule has 0 radical (unpaired) electrons. The van der Waals surface area contributed by atoms with Crippen molar-refractivity contribution in [3.63, 3.8) is 0 Å². The molecule has 1 unspecified atom stereocenters. The first-order valence-electron chi connectivity index (χ1n) is 8.13. The number of nitrogens with zero attached hydrogens (tertiary/aromatic N) is 2. The number of benzene rings is 1. The molecule has 1 N–H and O–H groups in total. The van der Waals surface area contributed by atoms with Crippen LogP contribution < -0.4 is 14.8 Å². The van der Waals surface area contributed by atoms with Crippen LogP contribution in [0.1, 0.15) is 23.4 Å². The Morgan fingerprint density at radius 1 is 1.26 bits per heavy atom. The van der Waals surface area contributed by atoms with E-state index in [-0.39, 0.29) is 0 Å². The lowest BCUT2D eigenvalue weighted by Gasteiger charge is -2.24. The van der Waals surface area contributed by atoms with Crippen molar-refractivity contribution in [3.05, 3.63) is 41.5 Å². The fourth-order valence-corrected chi connectivity index (χ4v) is 3.23. The third kappa shape index (κ3) is 3.50. The average molecular weight is 315 g/mol. The molecule has 5 nitrogen and oxygen atoms in total. The number of hydrogen-bond acceptors (Lipinski definition) is 4. The highest BCUT2D eigenvalue weighted by Crippen LogP contribution is 2.30. The number of aryl methyl sites for hydroxylation is 2. The van der Waals surface area contributed by atoms with E-state index in [0.717, 1.165) is 37.6 Å². The SMILES string of the molecule is COc1cc(C)c(CNCC2CCc3nccn3C2)cc1OC. The molecule has 0 aliphatic carbocycles. The van der Waals surface area contributed by atoms with Crippen molar-refractivity contribution in [2.24, 2.45) is 5.92 Å². The van der Waals surface area contributed by atoms with Gasteiger partial charge >= 0.3 is 0 Å². The Morgan fingerprint density at radius 2 is 2.04 bits per heavy atom. The Hall–Kier alpha value is -2.01. The summed E-state index contributed by atoms with van der Waals surface area (Å²) in [5.41, 5.74) is 2.47. The van der Waals surface area contributed by atoms with Crippen molar-refractivity contribution in [1.29, 1.82) is 0 Å². The van der Waals surface area contributed by atoms with E-state index in [1.54, 1.807) is 14.2 Å². The maximum atomic E-state index is 5.40. The molecule has 23 heavy (non-hydrogen) atoms. The zero-order valence-electron chi connectivity index (χ0n) is 14.1. The Kier molecular flexibility index (Phi) is 4.86. The molecule has 1 atom stereocenters. The van der Waals surface area contributed by atoms with Crippen molar-refractivity contribution in [3.8, 4) is 11.5 Å². The van der Waals surface area contributed by atoms with Gasteiger partial charge in [0.2, 0.25) is 0 Å². The fourth-order valence-electron chi connectivity index (χ4n) is 3.23. The van der Waals surface area contributed by atoms with Gasteiger partial charge in [0, 0.05) is 31.9 Å². The Bertz CT molecular complexity index is 666. The number of nitrogens with one attached hydrogen (secondary N) is 1. The normalized spacial score (nSPS) is 16.9.